The molecule has 1 N–H and O–H groups in total. The second-order valence-corrected chi connectivity index (χ2v) is 20.7. The van der Waals surface area contributed by atoms with Crippen LogP contribution in [0.25, 0.3) is 0 Å². The molecule has 1 unspecified atom stereocenters. The highest BCUT2D eigenvalue weighted by Gasteiger charge is 2.45. The van der Waals surface area contributed by atoms with E-state index in [1.54, 1.807) is 28.9 Å². The third-order valence-corrected chi connectivity index (χ3v) is 16.2. The minimum atomic E-state index is -4.62. The number of nitrogens with one attached hydrogen (secondary N) is 1. The Morgan fingerprint density at radius 3 is 2.25 bits per heavy atom. The van der Waals surface area contributed by atoms with Crippen molar-refractivity contribution in [3.05, 3.63) is 105 Å². The molecule has 5 fully saturated rings. The predicted molar refractivity (Wildman–Crippen MR) is 252 cm³/mol. The van der Waals surface area contributed by atoms with Crippen LogP contribution in [0.4, 0.5) is 28.9 Å². The second kappa shape index (κ2) is 19.0. The molecule has 0 radical (unpaired) electrons. The third-order valence-electron chi connectivity index (χ3n) is 16.2. The van der Waals surface area contributed by atoms with E-state index in [1.807, 2.05) is 30.1 Å². The van der Waals surface area contributed by atoms with Crippen molar-refractivity contribution in [1.82, 2.24) is 34.8 Å². The van der Waals surface area contributed by atoms with Gasteiger partial charge in [0.1, 0.15) is 18.2 Å². The first-order valence-electron chi connectivity index (χ1n) is 25.1. The fourth-order valence-electron chi connectivity index (χ4n) is 12.1. The highest BCUT2D eigenvalue weighted by molar-refractivity contribution is 6.10. The van der Waals surface area contributed by atoms with Crippen LogP contribution >= 0.6 is 0 Å². The van der Waals surface area contributed by atoms with E-state index < -0.39 is 41.3 Å². The number of imide groups is 1. The maximum Gasteiger partial charge on any atom is 0.416 e. The molecule has 71 heavy (non-hydrogen) atoms. The number of alkyl halides is 3. The zero-order chi connectivity index (χ0) is 49.2. The number of aromatic nitrogens is 3. The number of nitrogens with zero attached hydrogens (tertiary/aromatic N) is 8. The van der Waals surface area contributed by atoms with Crippen LogP contribution in [0.2, 0.25) is 0 Å². The zero-order valence-electron chi connectivity index (χ0n) is 39.9. The van der Waals surface area contributed by atoms with Gasteiger partial charge in [0.2, 0.25) is 11.8 Å². The fraction of sp³-hybridized carbons (Fsp3) is 0.538. The first-order valence-corrected chi connectivity index (χ1v) is 25.1. The third kappa shape index (κ3) is 9.34. The number of halogens is 4. The molecule has 1 aromatic heterocycles. The molecule has 7 heterocycles. The number of fused-ring (bicyclic) bond motifs is 2. The number of carbonyl (C=O) groups excluding carboxylic acids is 4. The lowest BCUT2D eigenvalue weighted by Gasteiger charge is -2.42. The molecule has 11 rings (SSSR count). The summed E-state index contributed by atoms with van der Waals surface area (Å²) < 4.78 is 74.2. The maximum absolute atomic E-state index is 16.0. The summed E-state index contributed by atoms with van der Waals surface area (Å²) in [5, 5.41) is 6.48. The first kappa shape index (κ1) is 47.6. The monoisotopic (exact) mass is 981 g/mol. The van der Waals surface area contributed by atoms with Crippen molar-refractivity contribution in [3.63, 3.8) is 0 Å². The number of carbonyl (C=O) groups is 4. The van der Waals surface area contributed by atoms with E-state index in [9.17, 15) is 32.3 Å². The molecule has 1 atom stereocenters. The summed E-state index contributed by atoms with van der Waals surface area (Å²) in [6.07, 6.45) is 3.67. The summed E-state index contributed by atoms with van der Waals surface area (Å²) >= 11 is 0. The molecule has 376 valence electrons. The van der Waals surface area contributed by atoms with Gasteiger partial charge in [-0.1, -0.05) is 12.1 Å². The summed E-state index contributed by atoms with van der Waals surface area (Å²) in [4.78, 5) is 65.2. The van der Waals surface area contributed by atoms with Gasteiger partial charge in [0.15, 0.2) is 5.82 Å². The van der Waals surface area contributed by atoms with E-state index in [-0.39, 0.29) is 66.2 Å². The van der Waals surface area contributed by atoms with Gasteiger partial charge in [0.25, 0.3) is 11.8 Å². The van der Waals surface area contributed by atoms with Crippen LogP contribution in [-0.4, -0.2) is 130 Å². The first-order chi connectivity index (χ1) is 34.2. The molecule has 15 nitrogen and oxygen atoms in total. The maximum atomic E-state index is 16.0. The zero-order valence-corrected chi connectivity index (χ0v) is 39.9. The number of amides is 4. The minimum Gasteiger partial charge on any atom is -0.379 e. The van der Waals surface area contributed by atoms with Crippen molar-refractivity contribution in [2.24, 2.45) is 13.0 Å². The van der Waals surface area contributed by atoms with Gasteiger partial charge < -0.3 is 29.1 Å². The molecule has 0 spiro atoms. The van der Waals surface area contributed by atoms with Crippen LogP contribution in [-0.2, 0) is 63.8 Å². The molecule has 19 heteroatoms. The Morgan fingerprint density at radius 1 is 0.817 bits per heavy atom. The average molecular weight is 982 g/mol. The molecule has 4 amide bonds. The number of piperazine rings is 1. The standard InChI is InChI=1S/C52H59F4N9O6/c1-60-45(57-31-58-60)24-51(29-70-30-51)34-3-2-4-35(23-34)64-27-40-39(50(64)69)21-33(22-42(40)52(54,55)56)26-62-19-17-61(18-20-62)25-32-5-7-36(8-6-32)71-37-13-15-63(16-14-37)43-10-9-38-41(47(43)53)28-65(49(38)68)44-11-12-46(66)59-48(44)67/h2-4,9-10,21-23,31-32,36-37,44H,5-8,11-20,24-30H2,1H3,(H,59,66,67). The van der Waals surface area contributed by atoms with E-state index in [1.165, 1.54) is 22.2 Å². The number of anilines is 2. The van der Waals surface area contributed by atoms with E-state index in [4.69, 9.17) is 9.47 Å². The number of benzene rings is 3. The summed E-state index contributed by atoms with van der Waals surface area (Å²) in [5.41, 5.74) is 1.98. The van der Waals surface area contributed by atoms with Gasteiger partial charge in [-0.15, -0.1) is 0 Å². The van der Waals surface area contributed by atoms with Crippen LogP contribution in [0.5, 0.6) is 0 Å². The molecule has 0 bridgehead atoms. The van der Waals surface area contributed by atoms with Gasteiger partial charge in [-0.05, 0) is 104 Å². The van der Waals surface area contributed by atoms with E-state index in [2.05, 4.69) is 25.2 Å². The largest absolute Gasteiger partial charge is 0.416 e. The summed E-state index contributed by atoms with van der Waals surface area (Å²) in [7, 11) is 1.83. The van der Waals surface area contributed by atoms with E-state index in [0.717, 1.165) is 82.6 Å². The number of aryl methyl sites for hydroxylation is 1. The Balaban J connectivity index is 0.639. The smallest absolute Gasteiger partial charge is 0.379 e. The molecule has 1 saturated carbocycles. The average Bonchev–Trinajstić information content (AvgIpc) is 4.02. The molecule has 7 aliphatic rings. The fourth-order valence-corrected chi connectivity index (χ4v) is 12.1. The Labute approximate surface area is 409 Å². The molecular formula is C52H59F4N9O6. The van der Waals surface area contributed by atoms with Gasteiger partial charge in [-0.3, -0.25) is 34.1 Å². The van der Waals surface area contributed by atoms with Gasteiger partial charge in [-0.25, -0.2) is 9.37 Å². The lowest BCUT2D eigenvalue weighted by molar-refractivity contribution is -0.138. The minimum absolute atomic E-state index is 0.00357. The Bertz CT molecular complexity index is 2720. The molecule has 3 aromatic carbocycles. The molecule has 1 aliphatic carbocycles. The molecule has 4 saturated heterocycles. The predicted octanol–water partition coefficient (Wildman–Crippen LogP) is 5.77. The molecule has 4 aromatic rings. The van der Waals surface area contributed by atoms with E-state index >= 15 is 4.39 Å². The molecule has 6 aliphatic heterocycles. The summed E-state index contributed by atoms with van der Waals surface area (Å²) in [5.74, 6) is -0.811. The second-order valence-electron chi connectivity index (χ2n) is 20.7. The van der Waals surface area contributed by atoms with Crippen molar-refractivity contribution in [3.8, 4) is 0 Å². The SMILES string of the molecule is Cn1ncnc1CC1(c2cccc(N3Cc4c(cc(CN5CCN(CC6CCC(OC7CCN(c8ccc9c(c8F)CN(C8CCC(=O)NC8=O)C9=O)CC7)CC6)CC5)cc4C(F)(F)F)C3=O)c2)COC1. The van der Waals surface area contributed by atoms with Crippen molar-refractivity contribution >= 4 is 35.0 Å². The van der Waals surface area contributed by atoms with Gasteiger partial charge in [-0.2, -0.15) is 18.3 Å². The number of hydrogen-bond acceptors (Lipinski definition) is 11. The number of hydrogen-bond donors (Lipinski definition) is 1. The lowest BCUT2D eigenvalue weighted by atomic mass is 9.75. The van der Waals surface area contributed by atoms with Crippen LogP contribution < -0.4 is 15.1 Å². The quantitative estimate of drug-likeness (QED) is 0.137. The summed E-state index contributed by atoms with van der Waals surface area (Å²) in [6.45, 7) is 6.38. The number of ether oxygens (including phenoxy) is 2. The van der Waals surface area contributed by atoms with Gasteiger partial charge in [0.05, 0.1) is 49.8 Å². The number of piperidine rings is 2. The van der Waals surface area contributed by atoms with Crippen LogP contribution in [0.1, 0.15) is 106 Å². The Hall–Kier alpha value is -5.76. The van der Waals surface area contributed by atoms with E-state index in [0.29, 0.717) is 67.7 Å². The van der Waals surface area contributed by atoms with Crippen LogP contribution in [0.15, 0.2) is 54.9 Å². The Morgan fingerprint density at radius 2 is 1.56 bits per heavy atom. The van der Waals surface area contributed by atoms with Crippen molar-refractivity contribution in [1.29, 1.82) is 0 Å². The van der Waals surface area contributed by atoms with Crippen LogP contribution in [0.3, 0.4) is 0 Å². The van der Waals surface area contributed by atoms with Gasteiger partial charge in [0, 0.05) is 100 Å². The molecular weight excluding hydrogens is 923 g/mol. The van der Waals surface area contributed by atoms with Crippen molar-refractivity contribution < 1.29 is 46.2 Å². The van der Waals surface area contributed by atoms with Gasteiger partial charge >= 0.3 is 6.18 Å². The lowest BCUT2D eigenvalue weighted by Crippen LogP contribution is -2.52. The highest BCUT2D eigenvalue weighted by Crippen LogP contribution is 2.43. The topological polar surface area (TPSA) is 146 Å². The highest BCUT2D eigenvalue weighted by atomic mass is 19.4. The Kier molecular flexibility index (Phi) is 12.7. The number of rotatable bonds is 12. The van der Waals surface area contributed by atoms with Crippen molar-refractivity contribution in [2.45, 2.75) is 107 Å². The normalized spacial score (nSPS) is 24.4. The van der Waals surface area contributed by atoms with Crippen molar-refractivity contribution in [2.75, 3.05) is 68.8 Å². The van der Waals surface area contributed by atoms with Crippen LogP contribution in [0, 0.1) is 11.7 Å². The summed E-state index contributed by atoms with van der Waals surface area (Å²) in [6, 6.07) is 12.9.